The summed E-state index contributed by atoms with van der Waals surface area (Å²) in [5.74, 6) is -2.66. The molecule has 4 N–H and O–H groups in total. The summed E-state index contributed by atoms with van der Waals surface area (Å²) in [5.41, 5.74) is -0.328. The first-order valence-corrected chi connectivity index (χ1v) is 6.67. The predicted octanol–water partition coefficient (Wildman–Crippen LogP) is -0.0360. The molecular weight excluding hydrogens is 328 g/mol. The van der Waals surface area contributed by atoms with E-state index >= 15 is 0 Å². The number of ether oxygens (including phenoxy) is 4. The van der Waals surface area contributed by atoms with Gasteiger partial charge in [-0.05, 0) is 11.6 Å². The van der Waals surface area contributed by atoms with Crippen LogP contribution in [-0.2, 0) is 32.2 Å². The summed E-state index contributed by atoms with van der Waals surface area (Å²) in [6.45, 7) is -2.23. The van der Waals surface area contributed by atoms with Crippen LogP contribution in [0.2, 0.25) is 0 Å². The monoisotopic (exact) mass is 346 g/mol. The topological polar surface area (TPSA) is 152 Å². The van der Waals surface area contributed by atoms with Gasteiger partial charge in [-0.15, -0.1) is 0 Å². The molecule has 0 bridgehead atoms. The first-order chi connectivity index (χ1) is 11.5. The van der Waals surface area contributed by atoms with Crippen molar-refractivity contribution in [3.63, 3.8) is 0 Å². The summed E-state index contributed by atoms with van der Waals surface area (Å²) in [4.78, 5) is 22.8. The minimum atomic E-state index is -1.35. The molecule has 0 saturated heterocycles. The van der Waals surface area contributed by atoms with E-state index in [0.29, 0.717) is 0 Å². The first-order valence-electron chi connectivity index (χ1n) is 6.67. The van der Waals surface area contributed by atoms with Crippen LogP contribution in [0.25, 0.3) is 0 Å². The second-order valence-electron chi connectivity index (χ2n) is 4.34. The molecule has 1 rings (SSSR count). The van der Waals surface area contributed by atoms with Gasteiger partial charge in [0.1, 0.15) is 27.2 Å². The van der Waals surface area contributed by atoms with E-state index in [4.69, 9.17) is 19.7 Å². The van der Waals surface area contributed by atoms with E-state index < -0.39 is 25.5 Å². The largest absolute Gasteiger partial charge is 0.478 e. The van der Waals surface area contributed by atoms with Crippen LogP contribution in [0.3, 0.4) is 0 Å². The number of carbonyl (C=O) groups is 2. The molecule has 0 saturated carbocycles. The van der Waals surface area contributed by atoms with Crippen molar-refractivity contribution >= 4 is 11.9 Å². The Morgan fingerprint density at radius 1 is 0.833 bits per heavy atom. The van der Waals surface area contributed by atoms with Gasteiger partial charge in [-0.25, -0.2) is 9.59 Å². The summed E-state index contributed by atoms with van der Waals surface area (Å²) in [6.07, 6.45) is 0. The third kappa shape index (κ3) is 5.85. The summed E-state index contributed by atoms with van der Waals surface area (Å²) in [6, 6.07) is 2.56. The molecule has 0 aromatic heterocycles. The standard InChI is InChI=1S/C14H18O10/c15-5-23-7-21-3-9-1-2-10(13(17)18)11(12(9)14(19)20)4-22-8-24-6-16/h1-2,15-16H,3-8H2,(H,17,18)(H,19,20). The number of aliphatic hydroxyl groups excluding tert-OH is 2. The first kappa shape index (κ1) is 20.0. The lowest BCUT2D eigenvalue weighted by molar-refractivity contribution is -0.114. The zero-order valence-corrected chi connectivity index (χ0v) is 12.6. The molecule has 1 aromatic carbocycles. The van der Waals surface area contributed by atoms with Gasteiger partial charge >= 0.3 is 11.9 Å². The fourth-order valence-corrected chi connectivity index (χ4v) is 1.92. The number of rotatable bonds is 12. The molecule has 10 nitrogen and oxygen atoms in total. The van der Waals surface area contributed by atoms with Gasteiger partial charge in [-0.2, -0.15) is 0 Å². The molecule has 24 heavy (non-hydrogen) atoms. The number of hydrogen-bond acceptors (Lipinski definition) is 8. The van der Waals surface area contributed by atoms with E-state index in [1.807, 2.05) is 0 Å². The second-order valence-corrected chi connectivity index (χ2v) is 4.34. The summed E-state index contributed by atoms with van der Waals surface area (Å²) >= 11 is 0. The highest BCUT2D eigenvalue weighted by Gasteiger charge is 2.22. The molecule has 0 aliphatic rings. The molecule has 134 valence electrons. The molecule has 0 radical (unpaired) electrons. The Morgan fingerprint density at radius 2 is 1.42 bits per heavy atom. The molecule has 0 heterocycles. The highest BCUT2D eigenvalue weighted by molar-refractivity contribution is 5.97. The van der Waals surface area contributed by atoms with Crippen molar-refractivity contribution in [2.75, 3.05) is 27.2 Å². The van der Waals surface area contributed by atoms with Gasteiger partial charge in [-0.3, -0.25) is 0 Å². The van der Waals surface area contributed by atoms with Crippen molar-refractivity contribution in [2.24, 2.45) is 0 Å². The van der Waals surface area contributed by atoms with Crippen molar-refractivity contribution in [1.29, 1.82) is 0 Å². The predicted molar refractivity (Wildman–Crippen MR) is 76.0 cm³/mol. The quantitative estimate of drug-likeness (QED) is 0.300. The summed E-state index contributed by atoms with van der Waals surface area (Å²) < 4.78 is 19.2. The number of benzene rings is 1. The molecule has 0 spiro atoms. The average Bonchev–Trinajstić information content (AvgIpc) is 2.54. The van der Waals surface area contributed by atoms with E-state index in [0.717, 1.165) is 0 Å². The highest BCUT2D eigenvalue weighted by atomic mass is 16.7. The Balaban J connectivity index is 3.07. The van der Waals surface area contributed by atoms with Gasteiger partial charge in [0.15, 0.2) is 0 Å². The van der Waals surface area contributed by atoms with Gasteiger partial charge in [-0.1, -0.05) is 6.07 Å². The van der Waals surface area contributed by atoms with Crippen molar-refractivity contribution < 1.29 is 49.0 Å². The van der Waals surface area contributed by atoms with Crippen LogP contribution in [-0.4, -0.2) is 59.5 Å². The van der Waals surface area contributed by atoms with Crippen LogP contribution in [0.1, 0.15) is 31.8 Å². The van der Waals surface area contributed by atoms with Gasteiger partial charge in [0.25, 0.3) is 0 Å². The third-order valence-electron chi connectivity index (χ3n) is 2.86. The van der Waals surface area contributed by atoms with Crippen LogP contribution in [0.15, 0.2) is 12.1 Å². The molecule has 0 fully saturated rings. The van der Waals surface area contributed by atoms with Crippen LogP contribution >= 0.6 is 0 Å². The lowest BCUT2D eigenvalue weighted by Crippen LogP contribution is -2.16. The lowest BCUT2D eigenvalue weighted by Gasteiger charge is -2.15. The molecule has 0 unspecified atom stereocenters. The Hall–Kier alpha value is -2.08. The third-order valence-corrected chi connectivity index (χ3v) is 2.86. The van der Waals surface area contributed by atoms with Crippen molar-refractivity contribution in [3.05, 3.63) is 34.4 Å². The van der Waals surface area contributed by atoms with Gasteiger partial charge < -0.3 is 39.4 Å². The molecular formula is C14H18O10. The number of aliphatic hydroxyl groups is 2. The van der Waals surface area contributed by atoms with Crippen LogP contribution in [0.4, 0.5) is 0 Å². The molecule has 0 amide bonds. The Kier molecular flexibility index (Phi) is 8.86. The minimum Gasteiger partial charge on any atom is -0.478 e. The maximum Gasteiger partial charge on any atom is 0.336 e. The summed E-state index contributed by atoms with van der Waals surface area (Å²) in [5, 5.41) is 35.6. The maximum absolute atomic E-state index is 11.5. The average molecular weight is 346 g/mol. The van der Waals surface area contributed by atoms with E-state index in [1.54, 1.807) is 0 Å². The van der Waals surface area contributed by atoms with Crippen molar-refractivity contribution in [1.82, 2.24) is 0 Å². The van der Waals surface area contributed by atoms with Crippen molar-refractivity contribution in [2.45, 2.75) is 13.2 Å². The smallest absolute Gasteiger partial charge is 0.336 e. The lowest BCUT2D eigenvalue weighted by atomic mass is 9.96. The number of carboxylic acid groups (broad SMARTS) is 2. The van der Waals surface area contributed by atoms with Crippen LogP contribution in [0, 0.1) is 0 Å². The number of aromatic carboxylic acids is 2. The van der Waals surface area contributed by atoms with Gasteiger partial charge in [0.05, 0.1) is 24.3 Å². The molecule has 10 heteroatoms. The second kappa shape index (κ2) is 10.6. The maximum atomic E-state index is 11.5. The Morgan fingerprint density at radius 3 is 1.92 bits per heavy atom. The van der Waals surface area contributed by atoms with E-state index in [-0.39, 0.29) is 49.1 Å². The van der Waals surface area contributed by atoms with E-state index in [1.165, 1.54) is 12.1 Å². The summed E-state index contributed by atoms with van der Waals surface area (Å²) in [7, 11) is 0. The Labute approximate surface area is 136 Å². The zero-order valence-electron chi connectivity index (χ0n) is 12.6. The zero-order chi connectivity index (χ0) is 17.9. The fraction of sp³-hybridized carbons (Fsp3) is 0.429. The van der Waals surface area contributed by atoms with Crippen LogP contribution in [0.5, 0.6) is 0 Å². The van der Waals surface area contributed by atoms with E-state index in [2.05, 4.69) is 9.47 Å². The van der Waals surface area contributed by atoms with E-state index in [9.17, 15) is 19.8 Å². The molecule has 0 aliphatic heterocycles. The van der Waals surface area contributed by atoms with Crippen LogP contribution < -0.4 is 0 Å². The Bertz CT molecular complexity index is 557. The van der Waals surface area contributed by atoms with Gasteiger partial charge in [0.2, 0.25) is 0 Å². The minimum absolute atomic E-state index is 0.0549. The van der Waals surface area contributed by atoms with Gasteiger partial charge in [0, 0.05) is 5.56 Å². The number of carboxylic acids is 2. The normalized spacial score (nSPS) is 10.8. The molecule has 0 atom stereocenters. The number of hydrogen-bond donors (Lipinski definition) is 4. The SMILES string of the molecule is O=C(O)c1ccc(COCOCO)c(C(=O)O)c1COCOCO. The fourth-order valence-electron chi connectivity index (χ4n) is 1.92. The van der Waals surface area contributed by atoms with Crippen molar-refractivity contribution in [3.8, 4) is 0 Å². The molecule has 1 aromatic rings. The molecule has 0 aliphatic carbocycles. The highest BCUT2D eigenvalue weighted by Crippen LogP contribution is 2.22.